The summed E-state index contributed by atoms with van der Waals surface area (Å²) in [4.78, 5) is 22.3. The quantitative estimate of drug-likeness (QED) is 0.617. The van der Waals surface area contributed by atoms with Crippen molar-refractivity contribution in [1.82, 2.24) is 10.6 Å². The molecule has 2 atom stereocenters. The highest BCUT2D eigenvalue weighted by Gasteiger charge is 2.30. The highest BCUT2D eigenvalue weighted by atomic mass is 32.2. The summed E-state index contributed by atoms with van der Waals surface area (Å²) in [6.45, 7) is 2.79. The molecule has 1 saturated carbocycles. The SMILES string of the molecule is CCSCCCNC(=O)NC1CCC(C(=O)O)C1. The summed E-state index contributed by atoms with van der Waals surface area (Å²) in [6, 6.07) is -0.163. The van der Waals surface area contributed by atoms with Crippen LogP contribution in [0.15, 0.2) is 0 Å². The van der Waals surface area contributed by atoms with E-state index in [1.54, 1.807) is 0 Å². The number of nitrogens with one attached hydrogen (secondary N) is 2. The largest absolute Gasteiger partial charge is 0.481 e. The average Bonchev–Trinajstić information content (AvgIpc) is 2.77. The lowest BCUT2D eigenvalue weighted by Crippen LogP contribution is -2.41. The maximum atomic E-state index is 11.5. The van der Waals surface area contributed by atoms with Gasteiger partial charge in [-0.25, -0.2) is 4.79 Å². The molecule has 0 bridgehead atoms. The molecule has 1 aliphatic rings. The Bertz CT molecular complexity index is 286. The van der Waals surface area contributed by atoms with Gasteiger partial charge in [0.25, 0.3) is 0 Å². The van der Waals surface area contributed by atoms with Crippen molar-refractivity contribution in [3.63, 3.8) is 0 Å². The monoisotopic (exact) mass is 274 g/mol. The van der Waals surface area contributed by atoms with Crippen molar-refractivity contribution >= 4 is 23.8 Å². The third-order valence-electron chi connectivity index (χ3n) is 3.07. The van der Waals surface area contributed by atoms with Crippen LogP contribution in [-0.4, -0.2) is 41.2 Å². The number of rotatable bonds is 7. The number of carboxylic acids is 1. The van der Waals surface area contributed by atoms with Crippen LogP contribution < -0.4 is 10.6 Å². The van der Waals surface area contributed by atoms with Crippen LogP contribution in [-0.2, 0) is 4.79 Å². The van der Waals surface area contributed by atoms with Crippen LogP contribution >= 0.6 is 11.8 Å². The van der Waals surface area contributed by atoms with Gasteiger partial charge in [-0.3, -0.25) is 4.79 Å². The number of hydrogen-bond donors (Lipinski definition) is 3. The second-order valence-electron chi connectivity index (χ2n) is 4.50. The Hall–Kier alpha value is -0.910. The van der Waals surface area contributed by atoms with Crippen LogP contribution in [0.4, 0.5) is 4.79 Å². The second-order valence-corrected chi connectivity index (χ2v) is 5.89. The normalized spacial score (nSPS) is 22.7. The fourth-order valence-corrected chi connectivity index (χ4v) is 2.73. The summed E-state index contributed by atoms with van der Waals surface area (Å²) in [6.07, 6.45) is 2.94. The van der Waals surface area contributed by atoms with E-state index in [0.717, 1.165) is 24.3 Å². The summed E-state index contributed by atoms with van der Waals surface area (Å²) in [7, 11) is 0. The molecule has 0 spiro atoms. The van der Waals surface area contributed by atoms with E-state index >= 15 is 0 Å². The average molecular weight is 274 g/mol. The van der Waals surface area contributed by atoms with Crippen LogP contribution in [0.5, 0.6) is 0 Å². The molecule has 3 N–H and O–H groups in total. The third kappa shape index (κ3) is 5.62. The molecule has 1 aliphatic carbocycles. The standard InChI is InChI=1S/C12H22N2O3S/c1-2-18-7-3-6-13-12(17)14-10-5-4-9(8-10)11(15)16/h9-10H,2-8H2,1H3,(H,15,16)(H2,13,14,17). The number of carbonyl (C=O) groups is 2. The van der Waals surface area contributed by atoms with Gasteiger partial charge in [-0.1, -0.05) is 6.92 Å². The summed E-state index contributed by atoms with van der Waals surface area (Å²) >= 11 is 1.86. The Morgan fingerprint density at radius 3 is 2.78 bits per heavy atom. The number of urea groups is 1. The molecule has 0 aromatic rings. The summed E-state index contributed by atoms with van der Waals surface area (Å²) in [5.74, 6) is 1.11. The number of aliphatic carboxylic acids is 1. The number of amides is 2. The predicted molar refractivity (Wildman–Crippen MR) is 72.9 cm³/mol. The Morgan fingerprint density at radius 1 is 1.39 bits per heavy atom. The van der Waals surface area contributed by atoms with Crippen LogP contribution in [0, 0.1) is 5.92 Å². The van der Waals surface area contributed by atoms with E-state index in [0.29, 0.717) is 19.4 Å². The molecule has 0 aromatic carbocycles. The lowest BCUT2D eigenvalue weighted by molar-refractivity contribution is -0.141. The van der Waals surface area contributed by atoms with Crippen LogP contribution in [0.3, 0.4) is 0 Å². The minimum absolute atomic E-state index is 0.0103. The Balaban J connectivity index is 2.08. The topological polar surface area (TPSA) is 78.4 Å². The first-order chi connectivity index (χ1) is 8.63. The van der Waals surface area contributed by atoms with Crippen molar-refractivity contribution in [2.75, 3.05) is 18.1 Å². The molecule has 2 amide bonds. The summed E-state index contributed by atoms with van der Waals surface area (Å²) < 4.78 is 0. The van der Waals surface area contributed by atoms with Crippen molar-refractivity contribution in [1.29, 1.82) is 0 Å². The molecule has 0 aliphatic heterocycles. The molecule has 0 aromatic heterocycles. The van der Waals surface area contributed by atoms with Gasteiger partial charge >= 0.3 is 12.0 Å². The van der Waals surface area contributed by atoms with Gasteiger partial charge in [-0.2, -0.15) is 11.8 Å². The smallest absolute Gasteiger partial charge is 0.315 e. The van der Waals surface area contributed by atoms with Gasteiger partial charge in [0, 0.05) is 12.6 Å². The third-order valence-corrected chi connectivity index (χ3v) is 4.06. The van der Waals surface area contributed by atoms with Crippen LogP contribution in [0.25, 0.3) is 0 Å². The molecule has 5 nitrogen and oxygen atoms in total. The number of carbonyl (C=O) groups excluding carboxylic acids is 1. The predicted octanol–water partition coefficient (Wildman–Crippen LogP) is 1.68. The maximum absolute atomic E-state index is 11.5. The molecule has 2 unspecified atom stereocenters. The van der Waals surface area contributed by atoms with Gasteiger partial charge < -0.3 is 15.7 Å². The van der Waals surface area contributed by atoms with Crippen molar-refractivity contribution in [3.8, 4) is 0 Å². The van der Waals surface area contributed by atoms with Gasteiger partial charge in [-0.15, -0.1) is 0 Å². The Labute approximate surface area is 112 Å². The molecule has 18 heavy (non-hydrogen) atoms. The zero-order chi connectivity index (χ0) is 13.4. The summed E-state index contributed by atoms with van der Waals surface area (Å²) in [5.41, 5.74) is 0. The highest BCUT2D eigenvalue weighted by molar-refractivity contribution is 7.99. The highest BCUT2D eigenvalue weighted by Crippen LogP contribution is 2.25. The van der Waals surface area contributed by atoms with Crippen molar-refractivity contribution in [3.05, 3.63) is 0 Å². The first-order valence-electron chi connectivity index (χ1n) is 6.48. The molecular weight excluding hydrogens is 252 g/mol. The first-order valence-corrected chi connectivity index (χ1v) is 7.63. The van der Waals surface area contributed by atoms with E-state index in [1.807, 2.05) is 11.8 Å². The number of hydrogen-bond acceptors (Lipinski definition) is 3. The van der Waals surface area contributed by atoms with Crippen molar-refractivity contribution < 1.29 is 14.7 Å². The van der Waals surface area contributed by atoms with E-state index in [-0.39, 0.29) is 18.0 Å². The van der Waals surface area contributed by atoms with E-state index in [9.17, 15) is 9.59 Å². The lowest BCUT2D eigenvalue weighted by Gasteiger charge is -2.13. The molecule has 0 saturated heterocycles. The van der Waals surface area contributed by atoms with Gasteiger partial charge in [0.05, 0.1) is 5.92 Å². The van der Waals surface area contributed by atoms with Gasteiger partial charge in [-0.05, 0) is 37.2 Å². The first kappa shape index (κ1) is 15.1. The van der Waals surface area contributed by atoms with Gasteiger partial charge in [0.15, 0.2) is 0 Å². The maximum Gasteiger partial charge on any atom is 0.315 e. The Kier molecular flexibility index (Phi) is 6.93. The molecular formula is C12H22N2O3S. The van der Waals surface area contributed by atoms with Gasteiger partial charge in [0.2, 0.25) is 0 Å². The Morgan fingerprint density at radius 2 is 2.17 bits per heavy atom. The lowest BCUT2D eigenvalue weighted by atomic mass is 10.1. The fraction of sp³-hybridized carbons (Fsp3) is 0.833. The molecule has 0 radical (unpaired) electrons. The van der Waals surface area contributed by atoms with Crippen LogP contribution in [0.1, 0.15) is 32.6 Å². The zero-order valence-electron chi connectivity index (χ0n) is 10.8. The molecule has 0 heterocycles. The van der Waals surface area contributed by atoms with Crippen LogP contribution in [0.2, 0.25) is 0 Å². The zero-order valence-corrected chi connectivity index (χ0v) is 11.6. The second kappa shape index (κ2) is 8.24. The fourth-order valence-electron chi connectivity index (χ4n) is 2.09. The summed E-state index contributed by atoms with van der Waals surface area (Å²) in [5, 5.41) is 14.5. The minimum Gasteiger partial charge on any atom is -0.481 e. The van der Waals surface area contributed by atoms with Gasteiger partial charge in [0.1, 0.15) is 0 Å². The van der Waals surface area contributed by atoms with E-state index in [1.165, 1.54) is 0 Å². The van der Waals surface area contributed by atoms with E-state index in [4.69, 9.17) is 5.11 Å². The van der Waals surface area contributed by atoms with E-state index < -0.39 is 5.97 Å². The van der Waals surface area contributed by atoms with E-state index in [2.05, 4.69) is 17.6 Å². The molecule has 1 rings (SSSR count). The molecule has 6 heteroatoms. The van der Waals surface area contributed by atoms with Crippen molar-refractivity contribution in [2.45, 2.75) is 38.6 Å². The number of thioether (sulfide) groups is 1. The number of carboxylic acid groups (broad SMARTS) is 1. The minimum atomic E-state index is -0.753. The molecule has 104 valence electrons. The molecule has 1 fully saturated rings. The van der Waals surface area contributed by atoms with Crippen molar-refractivity contribution in [2.24, 2.45) is 5.92 Å².